The molecule has 0 spiro atoms. The van der Waals surface area contributed by atoms with Crippen LogP contribution in [0.15, 0.2) is 40.9 Å². The Morgan fingerprint density at radius 2 is 2.04 bits per heavy atom. The van der Waals surface area contributed by atoms with Crippen molar-refractivity contribution in [3.8, 4) is 5.75 Å². The maximum Gasteiger partial charge on any atom is 0.150 e. The fourth-order valence-corrected chi connectivity index (χ4v) is 2.89. The Balaban J connectivity index is 2.36. The third-order valence-electron chi connectivity index (χ3n) is 3.36. The number of aldehydes is 1. The summed E-state index contributed by atoms with van der Waals surface area (Å²) >= 11 is 9.72. The highest BCUT2D eigenvalue weighted by molar-refractivity contribution is 9.10. The van der Waals surface area contributed by atoms with E-state index in [1.54, 1.807) is 32.4 Å². The molecule has 2 rings (SSSR count). The highest BCUT2D eigenvalue weighted by atomic mass is 79.9. The van der Waals surface area contributed by atoms with Gasteiger partial charge in [-0.25, -0.2) is 0 Å². The van der Waals surface area contributed by atoms with Crippen molar-refractivity contribution in [1.82, 2.24) is 0 Å². The summed E-state index contributed by atoms with van der Waals surface area (Å²) in [5.41, 5.74) is 2.20. The van der Waals surface area contributed by atoms with Gasteiger partial charge in [-0.05, 0) is 36.4 Å². The quantitative estimate of drug-likeness (QED) is 0.685. The second kappa shape index (κ2) is 8.34. The van der Waals surface area contributed by atoms with Crippen LogP contribution in [0.25, 0.3) is 0 Å². The van der Waals surface area contributed by atoms with E-state index in [9.17, 15) is 4.79 Å². The normalized spacial score (nSPS) is 11.8. The van der Waals surface area contributed by atoms with Gasteiger partial charge in [0.05, 0.1) is 30.5 Å². The largest absolute Gasteiger partial charge is 0.496 e. The summed E-state index contributed by atoms with van der Waals surface area (Å²) in [7, 11) is 3.26. The number of halogens is 2. The molecule has 0 aliphatic heterocycles. The van der Waals surface area contributed by atoms with Gasteiger partial charge in [0, 0.05) is 22.7 Å². The first-order valence-corrected chi connectivity index (χ1v) is 8.09. The van der Waals surface area contributed by atoms with E-state index in [1.165, 1.54) is 0 Å². The van der Waals surface area contributed by atoms with Crippen molar-refractivity contribution in [3.05, 3.63) is 57.0 Å². The number of rotatable bonds is 7. The molecule has 0 amide bonds. The summed E-state index contributed by atoms with van der Waals surface area (Å²) in [4.78, 5) is 10.8. The number of benzene rings is 2. The highest BCUT2D eigenvalue weighted by Crippen LogP contribution is 2.33. The third kappa shape index (κ3) is 4.47. The van der Waals surface area contributed by atoms with E-state index < -0.39 is 0 Å². The smallest absolute Gasteiger partial charge is 0.150 e. The molecule has 1 atom stereocenters. The standard InChI is InChI=1S/C17H17BrClNO3/c1-22-10-16(13-8-12(18)4-6-17(13)23-2)20-15-5-3-11(9-21)7-14(15)19/h3-9,16,20H,10H2,1-2H3/t16-/m0/s1. The van der Waals surface area contributed by atoms with Crippen molar-refractivity contribution in [2.75, 3.05) is 26.1 Å². The van der Waals surface area contributed by atoms with Gasteiger partial charge in [0.15, 0.2) is 0 Å². The molecule has 0 heterocycles. The molecule has 0 unspecified atom stereocenters. The minimum absolute atomic E-state index is 0.160. The number of methoxy groups -OCH3 is 2. The lowest BCUT2D eigenvalue weighted by atomic mass is 10.1. The molecule has 2 aromatic rings. The molecule has 0 radical (unpaired) electrons. The first kappa shape index (κ1) is 17.8. The van der Waals surface area contributed by atoms with Gasteiger partial charge in [0.25, 0.3) is 0 Å². The molecule has 0 aliphatic rings. The highest BCUT2D eigenvalue weighted by Gasteiger charge is 2.18. The number of anilines is 1. The molecule has 4 nitrogen and oxygen atoms in total. The van der Waals surface area contributed by atoms with Crippen molar-refractivity contribution in [1.29, 1.82) is 0 Å². The third-order valence-corrected chi connectivity index (χ3v) is 4.17. The number of nitrogens with one attached hydrogen (secondary N) is 1. The van der Waals surface area contributed by atoms with Crippen molar-refractivity contribution >= 4 is 39.5 Å². The molecular formula is C17H17BrClNO3. The molecule has 6 heteroatoms. The molecular weight excluding hydrogens is 382 g/mol. The lowest BCUT2D eigenvalue weighted by Crippen LogP contribution is -2.17. The van der Waals surface area contributed by atoms with Crippen LogP contribution in [0.5, 0.6) is 5.75 Å². The van der Waals surface area contributed by atoms with Crippen molar-refractivity contribution in [3.63, 3.8) is 0 Å². The lowest BCUT2D eigenvalue weighted by Gasteiger charge is -2.22. The van der Waals surface area contributed by atoms with Crippen molar-refractivity contribution < 1.29 is 14.3 Å². The summed E-state index contributed by atoms with van der Waals surface area (Å²) in [6.45, 7) is 0.429. The predicted molar refractivity (Wildman–Crippen MR) is 95.8 cm³/mol. The first-order chi connectivity index (χ1) is 11.1. The van der Waals surface area contributed by atoms with E-state index in [2.05, 4.69) is 21.2 Å². The van der Waals surface area contributed by atoms with Gasteiger partial charge in [-0.3, -0.25) is 4.79 Å². The van der Waals surface area contributed by atoms with Gasteiger partial charge in [-0.1, -0.05) is 27.5 Å². The molecule has 0 aliphatic carbocycles. The maximum atomic E-state index is 10.8. The van der Waals surface area contributed by atoms with E-state index in [0.717, 1.165) is 27.8 Å². The molecule has 0 aromatic heterocycles. The Kier molecular flexibility index (Phi) is 6.45. The van der Waals surface area contributed by atoms with Crippen molar-refractivity contribution in [2.24, 2.45) is 0 Å². The van der Waals surface area contributed by atoms with Gasteiger partial charge in [0.2, 0.25) is 0 Å². The van der Waals surface area contributed by atoms with Gasteiger partial charge in [0.1, 0.15) is 12.0 Å². The summed E-state index contributed by atoms with van der Waals surface area (Å²) < 4.78 is 11.7. The van der Waals surface area contributed by atoms with Crippen LogP contribution in [0.1, 0.15) is 22.0 Å². The fraction of sp³-hybridized carbons (Fsp3) is 0.235. The van der Waals surface area contributed by atoms with Crippen molar-refractivity contribution in [2.45, 2.75) is 6.04 Å². The van der Waals surface area contributed by atoms with Gasteiger partial charge in [-0.2, -0.15) is 0 Å². The van der Waals surface area contributed by atoms with Crippen LogP contribution in [0.4, 0.5) is 5.69 Å². The molecule has 0 saturated carbocycles. The van der Waals surface area contributed by atoms with Crippen LogP contribution in [0, 0.1) is 0 Å². The predicted octanol–water partition coefficient (Wildman–Crippen LogP) is 4.72. The summed E-state index contributed by atoms with van der Waals surface area (Å²) in [6, 6.07) is 10.7. The monoisotopic (exact) mass is 397 g/mol. The Morgan fingerprint density at radius 3 is 2.65 bits per heavy atom. The van der Waals surface area contributed by atoms with E-state index in [0.29, 0.717) is 17.2 Å². The second-order valence-electron chi connectivity index (χ2n) is 4.90. The number of ether oxygens (including phenoxy) is 2. The molecule has 0 fully saturated rings. The maximum absolute atomic E-state index is 10.8. The molecule has 0 bridgehead atoms. The molecule has 0 saturated heterocycles. The average Bonchev–Trinajstić information content (AvgIpc) is 2.56. The van der Waals surface area contributed by atoms with E-state index in [1.807, 2.05) is 18.2 Å². The van der Waals surface area contributed by atoms with Crippen LogP contribution in [0.2, 0.25) is 5.02 Å². The van der Waals surface area contributed by atoms with E-state index >= 15 is 0 Å². The summed E-state index contributed by atoms with van der Waals surface area (Å²) in [5, 5.41) is 3.82. The number of hydrogen-bond donors (Lipinski definition) is 1. The van der Waals surface area contributed by atoms with Crippen LogP contribution in [-0.4, -0.2) is 27.1 Å². The minimum atomic E-state index is -0.160. The van der Waals surface area contributed by atoms with Crippen LogP contribution < -0.4 is 10.1 Å². The summed E-state index contributed by atoms with van der Waals surface area (Å²) in [6.07, 6.45) is 0.764. The molecule has 2 aromatic carbocycles. The van der Waals surface area contributed by atoms with Crippen LogP contribution >= 0.6 is 27.5 Å². The summed E-state index contributed by atoms with van der Waals surface area (Å²) in [5.74, 6) is 0.753. The topological polar surface area (TPSA) is 47.6 Å². The number of carbonyl (C=O) groups excluding carboxylic acids is 1. The SMILES string of the molecule is COC[C@H](Nc1ccc(C=O)cc1Cl)c1cc(Br)ccc1OC. The zero-order valence-electron chi connectivity index (χ0n) is 12.8. The number of hydrogen-bond acceptors (Lipinski definition) is 4. The molecule has 1 N–H and O–H groups in total. The average molecular weight is 399 g/mol. The fourth-order valence-electron chi connectivity index (χ4n) is 2.26. The Hall–Kier alpha value is -1.56. The number of carbonyl (C=O) groups is 1. The zero-order valence-corrected chi connectivity index (χ0v) is 15.1. The van der Waals surface area contributed by atoms with Gasteiger partial charge >= 0.3 is 0 Å². The second-order valence-corrected chi connectivity index (χ2v) is 6.22. The lowest BCUT2D eigenvalue weighted by molar-refractivity contribution is 0.112. The molecule has 122 valence electrons. The first-order valence-electron chi connectivity index (χ1n) is 6.92. The van der Waals surface area contributed by atoms with E-state index in [-0.39, 0.29) is 6.04 Å². The Labute approximate surface area is 148 Å². The Morgan fingerprint density at radius 1 is 1.26 bits per heavy atom. The van der Waals surface area contributed by atoms with Gasteiger partial charge < -0.3 is 14.8 Å². The van der Waals surface area contributed by atoms with E-state index in [4.69, 9.17) is 21.1 Å². The molecule has 23 heavy (non-hydrogen) atoms. The van der Waals surface area contributed by atoms with Crippen LogP contribution in [-0.2, 0) is 4.74 Å². The van der Waals surface area contributed by atoms with Gasteiger partial charge in [-0.15, -0.1) is 0 Å². The zero-order chi connectivity index (χ0) is 16.8. The van der Waals surface area contributed by atoms with Crippen LogP contribution in [0.3, 0.4) is 0 Å². The Bertz CT molecular complexity index is 694. The minimum Gasteiger partial charge on any atom is -0.496 e.